The Bertz CT molecular complexity index is 334. The van der Waals surface area contributed by atoms with Crippen LogP contribution in [-0.2, 0) is 4.79 Å². The second-order valence-electron chi connectivity index (χ2n) is 2.31. The molecule has 0 radical (unpaired) electrons. The highest BCUT2D eigenvalue weighted by atomic mass is 79.9. The van der Waals surface area contributed by atoms with E-state index >= 15 is 0 Å². The number of carboxylic acids is 1. The molecule has 1 amide bonds. The summed E-state index contributed by atoms with van der Waals surface area (Å²) in [5, 5.41) is 10.5. The molecule has 0 saturated heterocycles. The highest BCUT2D eigenvalue weighted by Crippen LogP contribution is 2.09. The molecular formula is C7H7BrN2O3. The van der Waals surface area contributed by atoms with Gasteiger partial charge in [-0.05, 0) is 22.0 Å². The number of rotatable bonds is 3. The van der Waals surface area contributed by atoms with Gasteiger partial charge < -0.3 is 15.4 Å². The lowest BCUT2D eigenvalue weighted by Crippen LogP contribution is -2.29. The Kier molecular flexibility index (Phi) is 3.07. The number of H-pyrrole nitrogens is 1. The van der Waals surface area contributed by atoms with Crippen LogP contribution in [0.1, 0.15) is 10.5 Å². The Hall–Kier alpha value is -1.30. The zero-order valence-electron chi connectivity index (χ0n) is 6.50. The Morgan fingerprint density at radius 1 is 1.62 bits per heavy atom. The Morgan fingerprint density at radius 2 is 2.31 bits per heavy atom. The second-order valence-corrected chi connectivity index (χ2v) is 3.22. The molecule has 0 aliphatic heterocycles. The fourth-order valence-corrected chi connectivity index (χ4v) is 1.09. The zero-order chi connectivity index (χ0) is 9.84. The molecule has 0 bridgehead atoms. The molecule has 0 atom stereocenters. The van der Waals surface area contributed by atoms with Gasteiger partial charge in [-0.1, -0.05) is 0 Å². The average molecular weight is 247 g/mol. The summed E-state index contributed by atoms with van der Waals surface area (Å²) in [6.45, 7) is -0.379. The highest BCUT2D eigenvalue weighted by molar-refractivity contribution is 9.10. The van der Waals surface area contributed by atoms with Crippen molar-refractivity contribution in [3.63, 3.8) is 0 Å². The number of hydrogen-bond acceptors (Lipinski definition) is 2. The molecule has 70 valence electrons. The number of carboxylic acid groups (broad SMARTS) is 1. The van der Waals surface area contributed by atoms with Crippen molar-refractivity contribution in [2.45, 2.75) is 0 Å². The fourth-order valence-electron chi connectivity index (χ4n) is 0.750. The molecule has 0 saturated carbocycles. The number of amides is 1. The van der Waals surface area contributed by atoms with Gasteiger partial charge in [0.15, 0.2) is 0 Å². The van der Waals surface area contributed by atoms with E-state index in [4.69, 9.17) is 5.11 Å². The fraction of sp³-hybridized carbons (Fsp3) is 0.143. The molecule has 0 aliphatic rings. The van der Waals surface area contributed by atoms with Gasteiger partial charge >= 0.3 is 5.97 Å². The number of carbonyl (C=O) groups is 2. The van der Waals surface area contributed by atoms with E-state index in [1.165, 1.54) is 0 Å². The normalized spacial score (nSPS) is 9.62. The Morgan fingerprint density at radius 3 is 2.77 bits per heavy atom. The topological polar surface area (TPSA) is 82.2 Å². The van der Waals surface area contributed by atoms with Crippen molar-refractivity contribution in [2.24, 2.45) is 0 Å². The van der Waals surface area contributed by atoms with Crippen molar-refractivity contribution in [3.05, 3.63) is 22.4 Å². The smallest absolute Gasteiger partial charge is 0.322 e. The lowest BCUT2D eigenvalue weighted by Gasteiger charge is -1.98. The van der Waals surface area contributed by atoms with Gasteiger partial charge in [-0.2, -0.15) is 0 Å². The largest absolute Gasteiger partial charge is 0.480 e. The van der Waals surface area contributed by atoms with Crippen molar-refractivity contribution in [1.29, 1.82) is 0 Å². The molecule has 0 unspecified atom stereocenters. The molecule has 6 heteroatoms. The molecule has 0 aliphatic carbocycles. The van der Waals surface area contributed by atoms with E-state index in [9.17, 15) is 9.59 Å². The van der Waals surface area contributed by atoms with Crippen LogP contribution in [0.5, 0.6) is 0 Å². The van der Waals surface area contributed by atoms with Gasteiger partial charge in [-0.25, -0.2) is 0 Å². The van der Waals surface area contributed by atoms with E-state index in [0.717, 1.165) is 4.47 Å². The van der Waals surface area contributed by atoms with Crippen molar-refractivity contribution < 1.29 is 14.7 Å². The molecule has 1 heterocycles. The van der Waals surface area contributed by atoms with Gasteiger partial charge in [0, 0.05) is 10.7 Å². The highest BCUT2D eigenvalue weighted by Gasteiger charge is 2.08. The van der Waals surface area contributed by atoms with E-state index in [-0.39, 0.29) is 6.54 Å². The van der Waals surface area contributed by atoms with Gasteiger partial charge in [-0.3, -0.25) is 9.59 Å². The third kappa shape index (κ3) is 2.90. The molecule has 3 N–H and O–H groups in total. The van der Waals surface area contributed by atoms with Gasteiger partial charge in [0.25, 0.3) is 5.91 Å². The lowest BCUT2D eigenvalue weighted by molar-refractivity contribution is -0.135. The molecule has 1 aromatic rings. The minimum atomic E-state index is -1.07. The van der Waals surface area contributed by atoms with Crippen LogP contribution in [0.15, 0.2) is 16.7 Å². The van der Waals surface area contributed by atoms with E-state index in [1.54, 1.807) is 12.3 Å². The number of halogens is 1. The van der Waals surface area contributed by atoms with Gasteiger partial charge in [-0.15, -0.1) is 0 Å². The van der Waals surface area contributed by atoms with E-state index in [0.29, 0.717) is 5.69 Å². The van der Waals surface area contributed by atoms with Crippen molar-refractivity contribution in [3.8, 4) is 0 Å². The molecule has 0 spiro atoms. The Balaban J connectivity index is 2.54. The number of aromatic amines is 1. The maximum absolute atomic E-state index is 11.1. The molecular weight excluding hydrogens is 240 g/mol. The minimum Gasteiger partial charge on any atom is -0.480 e. The summed E-state index contributed by atoms with van der Waals surface area (Å²) in [6.07, 6.45) is 1.59. The predicted molar refractivity (Wildman–Crippen MR) is 48.5 cm³/mol. The van der Waals surface area contributed by atoms with Crippen LogP contribution in [0.3, 0.4) is 0 Å². The quantitative estimate of drug-likeness (QED) is 0.731. The lowest BCUT2D eigenvalue weighted by atomic mass is 10.4. The molecule has 0 aromatic carbocycles. The second kappa shape index (κ2) is 4.08. The van der Waals surface area contributed by atoms with Crippen LogP contribution < -0.4 is 5.32 Å². The van der Waals surface area contributed by atoms with Crippen molar-refractivity contribution in [2.75, 3.05) is 6.54 Å². The summed E-state index contributed by atoms with van der Waals surface area (Å²) < 4.78 is 0.743. The number of hydrogen-bond donors (Lipinski definition) is 3. The average Bonchev–Trinajstić information content (AvgIpc) is 2.47. The number of carbonyl (C=O) groups excluding carboxylic acids is 1. The molecule has 13 heavy (non-hydrogen) atoms. The summed E-state index contributed by atoms with van der Waals surface area (Å²) in [6, 6.07) is 1.57. The third-order valence-corrected chi connectivity index (χ3v) is 1.75. The predicted octanol–water partition coefficient (Wildman–Crippen LogP) is 0.592. The van der Waals surface area contributed by atoms with Gasteiger partial charge in [0.05, 0.1) is 0 Å². The summed E-state index contributed by atoms with van der Waals surface area (Å²) in [4.78, 5) is 23.9. The number of nitrogens with one attached hydrogen (secondary N) is 2. The number of aliphatic carboxylic acids is 1. The summed E-state index contributed by atoms with van der Waals surface area (Å²) in [5.74, 6) is -1.51. The van der Waals surface area contributed by atoms with Crippen LogP contribution in [0.2, 0.25) is 0 Å². The minimum absolute atomic E-state index is 0.327. The standard InChI is InChI=1S/C7H7BrN2O3/c8-4-1-5(9-2-4)7(13)10-3-6(11)12/h1-2,9H,3H2,(H,10,13)(H,11,12). The van der Waals surface area contributed by atoms with Gasteiger partial charge in [0.1, 0.15) is 12.2 Å². The van der Waals surface area contributed by atoms with Crippen molar-refractivity contribution >= 4 is 27.8 Å². The maximum atomic E-state index is 11.1. The molecule has 0 fully saturated rings. The van der Waals surface area contributed by atoms with Gasteiger partial charge in [0.2, 0.25) is 0 Å². The van der Waals surface area contributed by atoms with E-state index < -0.39 is 11.9 Å². The first-order valence-corrected chi connectivity index (χ1v) is 4.23. The van der Waals surface area contributed by atoms with E-state index in [2.05, 4.69) is 26.2 Å². The number of aromatic nitrogens is 1. The first-order valence-electron chi connectivity index (χ1n) is 3.43. The van der Waals surface area contributed by atoms with Crippen LogP contribution in [0.25, 0.3) is 0 Å². The summed E-state index contributed by atoms with van der Waals surface area (Å²) in [5.41, 5.74) is 0.327. The zero-order valence-corrected chi connectivity index (χ0v) is 8.09. The molecule has 1 aromatic heterocycles. The first kappa shape index (κ1) is 9.79. The molecule has 1 rings (SSSR count). The van der Waals surface area contributed by atoms with Crippen LogP contribution in [-0.4, -0.2) is 28.5 Å². The SMILES string of the molecule is O=C(O)CNC(=O)c1cc(Br)c[nH]1. The van der Waals surface area contributed by atoms with E-state index in [1.807, 2.05) is 0 Å². The Labute approximate surface area is 82.3 Å². The third-order valence-electron chi connectivity index (χ3n) is 1.29. The summed E-state index contributed by atoms with van der Waals surface area (Å²) >= 11 is 3.15. The van der Waals surface area contributed by atoms with Crippen LogP contribution in [0.4, 0.5) is 0 Å². The van der Waals surface area contributed by atoms with Crippen LogP contribution in [0, 0.1) is 0 Å². The maximum Gasteiger partial charge on any atom is 0.322 e. The first-order chi connectivity index (χ1) is 6.09. The van der Waals surface area contributed by atoms with Crippen LogP contribution >= 0.6 is 15.9 Å². The molecule has 5 nitrogen and oxygen atoms in total. The monoisotopic (exact) mass is 246 g/mol. The van der Waals surface area contributed by atoms with Crippen molar-refractivity contribution in [1.82, 2.24) is 10.3 Å². The summed E-state index contributed by atoms with van der Waals surface area (Å²) in [7, 11) is 0.